The maximum Gasteiger partial charge on any atom is 0.355 e. The van der Waals surface area contributed by atoms with Crippen LogP contribution in [0.25, 0.3) is 0 Å². The number of esters is 1. The van der Waals surface area contributed by atoms with Crippen LogP contribution in [0.15, 0.2) is 7.28 Å². The molecule has 0 aliphatic rings. The summed E-state index contributed by atoms with van der Waals surface area (Å²) in [6.07, 6.45) is 0. The normalized spacial score (nSPS) is 8.82. The summed E-state index contributed by atoms with van der Waals surface area (Å²) < 4.78 is 12.9. The minimum Gasteiger partial charge on any atom is -0.464 e. The number of rotatable bonds is 3. The quantitative estimate of drug-likeness (QED) is 0.453. The fraction of sp³-hybridized carbons (Fsp3) is 0.167. The maximum atomic E-state index is 10.8. The molecule has 0 amide bonds. The van der Waals surface area contributed by atoms with Crippen molar-refractivity contribution in [3.05, 3.63) is 7.28 Å². The van der Waals surface area contributed by atoms with Crippen LogP contribution in [-0.4, -0.2) is 22.1 Å². The van der Waals surface area contributed by atoms with Gasteiger partial charge in [-0.2, -0.15) is 0 Å². The van der Waals surface area contributed by atoms with Gasteiger partial charge in [-0.3, -0.25) is 0 Å². The van der Waals surface area contributed by atoms with E-state index in [0.29, 0.717) is 0 Å². The number of carbonyl (C=O) groups is 1. The first-order valence-corrected chi connectivity index (χ1v) is 7.73. The SMILES string of the molecule is C=IC(I=C)=C(N)C(=O)OC. The lowest BCUT2D eigenvalue weighted by molar-refractivity contribution is -0.136. The minimum absolute atomic E-state index is 0.234. The van der Waals surface area contributed by atoms with Crippen LogP contribution in [0, 0.1) is 0 Å². The topological polar surface area (TPSA) is 52.3 Å². The molecular formula is C6H9I2NO2. The molecule has 0 aromatic heterocycles. The average Bonchev–Trinajstić information content (AvgIpc) is 2.05. The minimum atomic E-state index is -0.452. The van der Waals surface area contributed by atoms with Crippen molar-refractivity contribution < 1.29 is 9.53 Å². The zero-order chi connectivity index (χ0) is 8.85. The van der Waals surface area contributed by atoms with Crippen LogP contribution in [0.2, 0.25) is 0 Å². The summed E-state index contributed by atoms with van der Waals surface area (Å²) in [5, 5.41) is 0. The van der Waals surface area contributed by atoms with E-state index in [1.165, 1.54) is 7.11 Å². The Bertz CT molecular complexity index is 213. The first kappa shape index (κ1) is 11.2. The Kier molecular flexibility index (Phi) is 5.92. The van der Waals surface area contributed by atoms with Gasteiger partial charge in [0.1, 0.15) is 5.70 Å². The monoisotopic (exact) mass is 381 g/mol. The first-order chi connectivity index (χ1) is 5.17. The molecule has 0 radical (unpaired) electrons. The van der Waals surface area contributed by atoms with Crippen LogP contribution in [0.3, 0.4) is 0 Å². The third-order valence-electron chi connectivity index (χ3n) is 0.844. The molecule has 0 heterocycles. The van der Waals surface area contributed by atoms with Crippen molar-refractivity contribution in [1.29, 1.82) is 0 Å². The van der Waals surface area contributed by atoms with E-state index in [1.54, 1.807) is 0 Å². The van der Waals surface area contributed by atoms with E-state index in [0.717, 1.165) is 1.59 Å². The van der Waals surface area contributed by atoms with Crippen LogP contribution in [0.4, 0.5) is 0 Å². The fourth-order valence-electron chi connectivity index (χ4n) is 0.367. The summed E-state index contributed by atoms with van der Waals surface area (Å²) in [4.78, 5) is 10.8. The molecule has 5 heteroatoms. The molecule has 0 unspecified atom stereocenters. The lowest BCUT2D eigenvalue weighted by Crippen LogP contribution is -2.13. The molecule has 64 valence electrons. The lowest BCUT2D eigenvalue weighted by atomic mass is 10.5. The summed E-state index contributed by atoms with van der Waals surface area (Å²) in [5.74, 6) is -0.452. The zero-order valence-electron chi connectivity index (χ0n) is 6.06. The summed E-state index contributed by atoms with van der Waals surface area (Å²) in [6.45, 7) is 0. The van der Waals surface area contributed by atoms with E-state index in [9.17, 15) is 4.79 Å². The molecule has 11 heavy (non-hydrogen) atoms. The van der Waals surface area contributed by atoms with Crippen LogP contribution < -0.4 is 5.73 Å². The molecule has 0 bridgehead atoms. The summed E-state index contributed by atoms with van der Waals surface area (Å²) in [7, 11) is 1.32. The number of methoxy groups -OCH3 is 1. The summed E-state index contributed by atoms with van der Waals surface area (Å²) in [6, 6.07) is 0. The molecule has 0 atom stereocenters. The molecule has 0 saturated carbocycles. The maximum absolute atomic E-state index is 10.8. The van der Waals surface area contributed by atoms with Crippen molar-refractivity contribution in [1.82, 2.24) is 0 Å². The molecule has 0 spiro atoms. The van der Waals surface area contributed by atoms with Gasteiger partial charge in [0.2, 0.25) is 0 Å². The number of nitrogens with two attached hydrogens (primary N) is 1. The van der Waals surface area contributed by atoms with Gasteiger partial charge in [-0.1, -0.05) is 50.5 Å². The standard InChI is InChI=1S/C6H9I2NO2/c1-7-5(8-2)4(9)6(10)11-3/h1-2,9H2,3H3. The second-order valence-corrected chi connectivity index (χ2v) is 7.18. The van der Waals surface area contributed by atoms with E-state index in [1.807, 2.05) is 0 Å². The zero-order valence-corrected chi connectivity index (χ0v) is 10.4. The van der Waals surface area contributed by atoms with E-state index < -0.39 is 5.97 Å². The fourth-order valence-corrected chi connectivity index (χ4v) is 3.20. The van der Waals surface area contributed by atoms with Crippen molar-refractivity contribution in [3.63, 3.8) is 0 Å². The highest BCUT2D eigenvalue weighted by molar-refractivity contribution is 14.3. The van der Waals surface area contributed by atoms with Crippen molar-refractivity contribution in [3.8, 4) is 0 Å². The van der Waals surface area contributed by atoms with Gasteiger partial charge in [0, 0.05) is 0 Å². The number of ether oxygens (including phenoxy) is 1. The molecule has 0 saturated heterocycles. The van der Waals surface area contributed by atoms with E-state index in [-0.39, 0.29) is 47.2 Å². The highest BCUT2D eigenvalue weighted by Gasteiger charge is 2.07. The second kappa shape index (κ2) is 5.81. The molecule has 3 nitrogen and oxygen atoms in total. The Balaban J connectivity index is 4.74. The molecule has 0 aromatic carbocycles. The van der Waals surface area contributed by atoms with Crippen molar-refractivity contribution >= 4 is 56.5 Å². The highest BCUT2D eigenvalue weighted by atomic mass is 127. The Morgan fingerprint density at radius 1 is 1.45 bits per heavy atom. The van der Waals surface area contributed by atoms with Crippen LogP contribution in [0.1, 0.15) is 0 Å². The molecule has 2 N–H and O–H groups in total. The van der Waals surface area contributed by atoms with Crippen molar-refractivity contribution in [2.75, 3.05) is 7.11 Å². The number of hydrogen-bond acceptors (Lipinski definition) is 3. The Labute approximate surface area is 85.5 Å². The summed E-state index contributed by atoms with van der Waals surface area (Å²) in [5.41, 5.74) is 5.71. The van der Waals surface area contributed by atoms with Gasteiger partial charge in [-0.25, -0.2) is 4.79 Å². The van der Waals surface area contributed by atoms with E-state index >= 15 is 0 Å². The van der Waals surface area contributed by atoms with Crippen LogP contribution >= 0.6 is 41.5 Å². The average molecular weight is 381 g/mol. The predicted molar refractivity (Wildman–Crippen MR) is 65.5 cm³/mol. The molecule has 0 aliphatic heterocycles. The highest BCUT2D eigenvalue weighted by Crippen LogP contribution is 2.26. The van der Waals surface area contributed by atoms with Crippen molar-refractivity contribution in [2.24, 2.45) is 5.73 Å². The predicted octanol–water partition coefficient (Wildman–Crippen LogP) is 1.09. The van der Waals surface area contributed by atoms with Gasteiger partial charge in [-0.15, -0.1) is 0 Å². The Hall–Kier alpha value is 0.210. The summed E-state index contributed by atoms with van der Waals surface area (Å²) >= 11 is -0.697. The molecule has 0 aliphatic carbocycles. The van der Waals surface area contributed by atoms with E-state index in [4.69, 9.17) is 5.73 Å². The molecule has 0 rings (SSSR count). The smallest absolute Gasteiger partial charge is 0.355 e. The van der Waals surface area contributed by atoms with Gasteiger partial charge < -0.3 is 10.5 Å². The third kappa shape index (κ3) is 3.41. The van der Waals surface area contributed by atoms with Crippen LogP contribution in [0.5, 0.6) is 0 Å². The van der Waals surface area contributed by atoms with Gasteiger partial charge in [0.15, 0.2) is 0 Å². The number of carbonyl (C=O) groups excluding carboxylic acids is 1. The number of hydrogen-bond donors (Lipinski definition) is 1. The third-order valence-corrected chi connectivity index (χ3v) is 7.21. The Morgan fingerprint density at radius 3 is 2.18 bits per heavy atom. The number of halogens is 2. The largest absolute Gasteiger partial charge is 0.464 e. The second-order valence-electron chi connectivity index (χ2n) is 1.43. The molecular weight excluding hydrogens is 372 g/mol. The lowest BCUT2D eigenvalue weighted by Gasteiger charge is -1.99. The van der Waals surface area contributed by atoms with Gasteiger partial charge in [0.05, 0.1) is 8.70 Å². The van der Waals surface area contributed by atoms with Crippen LogP contribution in [-0.2, 0) is 9.53 Å². The van der Waals surface area contributed by atoms with Gasteiger partial charge in [-0.05, 0) is 0 Å². The van der Waals surface area contributed by atoms with Gasteiger partial charge in [0.25, 0.3) is 0 Å². The van der Waals surface area contributed by atoms with E-state index in [2.05, 4.69) is 13.8 Å². The first-order valence-electron chi connectivity index (χ1n) is 2.52. The molecule has 0 fully saturated rings. The van der Waals surface area contributed by atoms with Gasteiger partial charge >= 0.3 is 5.97 Å². The Morgan fingerprint density at radius 2 is 1.91 bits per heavy atom. The van der Waals surface area contributed by atoms with Crippen molar-refractivity contribution in [2.45, 2.75) is 0 Å². The molecule has 0 aromatic rings.